The van der Waals surface area contributed by atoms with Gasteiger partial charge in [0.25, 0.3) is 0 Å². The van der Waals surface area contributed by atoms with Gasteiger partial charge in [-0.05, 0) is 37.3 Å². The summed E-state index contributed by atoms with van der Waals surface area (Å²) in [6, 6.07) is 14.1. The number of halogens is 1. The van der Waals surface area contributed by atoms with E-state index in [0.29, 0.717) is 33.8 Å². The number of aromatic nitrogens is 1. The number of oxazole rings is 1. The Morgan fingerprint density at radius 1 is 1.23 bits per heavy atom. The number of aryl methyl sites for hydroxylation is 1. The summed E-state index contributed by atoms with van der Waals surface area (Å²) in [7, 11) is 1.55. The average molecular weight is 372 g/mol. The van der Waals surface area contributed by atoms with E-state index in [9.17, 15) is 4.79 Å². The number of carbonyl (C=O) groups is 1. The number of anilines is 1. The number of rotatable bonds is 5. The molecular weight excluding hydrogens is 354 g/mol. The summed E-state index contributed by atoms with van der Waals surface area (Å²) >= 11 is 6.00. The Morgan fingerprint density at radius 3 is 2.81 bits per heavy atom. The lowest BCUT2D eigenvalue weighted by molar-refractivity contribution is 0.251. The third kappa shape index (κ3) is 4.15. The van der Waals surface area contributed by atoms with Crippen molar-refractivity contribution in [3.05, 3.63) is 65.0 Å². The van der Waals surface area contributed by atoms with Gasteiger partial charge in [0.2, 0.25) is 5.89 Å². The zero-order valence-electron chi connectivity index (χ0n) is 14.4. The van der Waals surface area contributed by atoms with Crippen LogP contribution >= 0.6 is 11.6 Å². The average Bonchev–Trinajstić information content (AvgIpc) is 3.01. The van der Waals surface area contributed by atoms with E-state index in [1.54, 1.807) is 38.3 Å². The summed E-state index contributed by atoms with van der Waals surface area (Å²) in [6.45, 7) is 2.03. The molecule has 0 aliphatic carbocycles. The molecule has 3 rings (SSSR count). The first-order valence-corrected chi connectivity index (χ1v) is 8.34. The van der Waals surface area contributed by atoms with Gasteiger partial charge < -0.3 is 19.8 Å². The lowest BCUT2D eigenvalue weighted by atomic mass is 10.2. The van der Waals surface area contributed by atoms with E-state index in [4.69, 9.17) is 20.8 Å². The molecule has 0 saturated carbocycles. The molecule has 0 unspecified atom stereocenters. The maximum atomic E-state index is 12.1. The molecule has 0 saturated heterocycles. The van der Waals surface area contributed by atoms with Crippen molar-refractivity contribution in [2.75, 3.05) is 12.4 Å². The highest BCUT2D eigenvalue weighted by Gasteiger charge is 2.13. The Bertz CT molecular complexity index is 924. The Hall–Kier alpha value is -2.99. The van der Waals surface area contributed by atoms with Gasteiger partial charge in [-0.25, -0.2) is 9.78 Å². The largest absolute Gasteiger partial charge is 0.495 e. The molecule has 0 aliphatic rings. The van der Waals surface area contributed by atoms with Crippen molar-refractivity contribution in [3.8, 4) is 17.2 Å². The maximum absolute atomic E-state index is 12.1. The van der Waals surface area contributed by atoms with Gasteiger partial charge in [-0.2, -0.15) is 0 Å². The van der Waals surface area contributed by atoms with Crippen molar-refractivity contribution in [3.63, 3.8) is 0 Å². The van der Waals surface area contributed by atoms with Crippen LogP contribution in [0, 0.1) is 6.92 Å². The molecule has 2 aromatic carbocycles. The smallest absolute Gasteiger partial charge is 0.319 e. The molecule has 3 aromatic rings. The van der Waals surface area contributed by atoms with E-state index < -0.39 is 0 Å². The SMILES string of the molecule is COc1ccccc1NC(=O)NCc1nc(-c2cccc(Cl)c2)oc1C. The zero-order chi connectivity index (χ0) is 18.5. The molecule has 6 nitrogen and oxygen atoms in total. The van der Waals surface area contributed by atoms with Gasteiger partial charge in [0.1, 0.15) is 17.2 Å². The molecule has 0 bridgehead atoms. The number of nitrogens with zero attached hydrogens (tertiary/aromatic N) is 1. The van der Waals surface area contributed by atoms with Gasteiger partial charge in [-0.1, -0.05) is 29.8 Å². The summed E-state index contributed by atoms with van der Waals surface area (Å²) in [5.74, 6) is 1.69. The number of hydrogen-bond acceptors (Lipinski definition) is 4. The fourth-order valence-electron chi connectivity index (χ4n) is 2.42. The Labute approximate surface area is 156 Å². The van der Waals surface area contributed by atoms with E-state index >= 15 is 0 Å². The van der Waals surface area contributed by atoms with E-state index in [2.05, 4.69) is 15.6 Å². The number of urea groups is 1. The molecule has 0 spiro atoms. The van der Waals surface area contributed by atoms with Crippen LogP contribution in [0.15, 0.2) is 52.9 Å². The van der Waals surface area contributed by atoms with E-state index in [1.165, 1.54) is 0 Å². The fourth-order valence-corrected chi connectivity index (χ4v) is 2.61. The third-order valence-electron chi connectivity index (χ3n) is 3.74. The summed E-state index contributed by atoms with van der Waals surface area (Å²) in [5, 5.41) is 6.11. The lowest BCUT2D eigenvalue weighted by Crippen LogP contribution is -2.28. The van der Waals surface area contributed by atoms with Gasteiger partial charge in [-0.15, -0.1) is 0 Å². The van der Waals surface area contributed by atoms with Crippen LogP contribution < -0.4 is 15.4 Å². The molecule has 0 atom stereocenters. The number of methoxy groups -OCH3 is 1. The Balaban J connectivity index is 1.65. The monoisotopic (exact) mass is 371 g/mol. The first kappa shape index (κ1) is 17.8. The molecular formula is C19H18ClN3O3. The van der Waals surface area contributed by atoms with E-state index in [1.807, 2.05) is 24.3 Å². The normalized spacial score (nSPS) is 10.4. The number of hydrogen-bond donors (Lipinski definition) is 2. The number of para-hydroxylation sites is 2. The molecule has 0 fully saturated rings. The van der Waals surface area contributed by atoms with E-state index in [0.717, 1.165) is 5.56 Å². The second kappa shape index (κ2) is 7.93. The predicted molar refractivity (Wildman–Crippen MR) is 101 cm³/mol. The minimum Gasteiger partial charge on any atom is -0.495 e. The minimum atomic E-state index is -0.360. The van der Waals surface area contributed by atoms with Crippen LogP contribution in [0.25, 0.3) is 11.5 Å². The topological polar surface area (TPSA) is 76.4 Å². The second-order valence-corrected chi connectivity index (χ2v) is 5.98. The lowest BCUT2D eigenvalue weighted by Gasteiger charge is -2.10. The number of ether oxygens (including phenoxy) is 1. The Kier molecular flexibility index (Phi) is 5.43. The molecule has 2 N–H and O–H groups in total. The first-order chi connectivity index (χ1) is 12.6. The Morgan fingerprint density at radius 2 is 2.04 bits per heavy atom. The molecule has 2 amide bonds. The van der Waals surface area contributed by atoms with Crippen LogP contribution in [0.4, 0.5) is 10.5 Å². The van der Waals surface area contributed by atoms with Crippen molar-refractivity contribution in [2.24, 2.45) is 0 Å². The number of amides is 2. The highest BCUT2D eigenvalue weighted by atomic mass is 35.5. The maximum Gasteiger partial charge on any atom is 0.319 e. The standard InChI is InChI=1S/C19H18ClN3O3/c1-12-16(22-18(26-12)13-6-5-7-14(20)10-13)11-21-19(24)23-15-8-3-4-9-17(15)25-2/h3-10H,11H2,1-2H3,(H2,21,23,24). The van der Waals surface area contributed by atoms with Crippen molar-refractivity contribution in [1.82, 2.24) is 10.3 Å². The van der Waals surface area contributed by atoms with Crippen LogP contribution in [0.2, 0.25) is 5.02 Å². The van der Waals surface area contributed by atoms with Crippen LogP contribution in [0.3, 0.4) is 0 Å². The highest BCUT2D eigenvalue weighted by Crippen LogP contribution is 2.25. The molecule has 0 aliphatic heterocycles. The number of carbonyl (C=O) groups excluding carboxylic acids is 1. The quantitative estimate of drug-likeness (QED) is 0.685. The highest BCUT2D eigenvalue weighted by molar-refractivity contribution is 6.30. The minimum absolute atomic E-state index is 0.233. The van der Waals surface area contributed by atoms with Gasteiger partial charge in [0.15, 0.2) is 0 Å². The summed E-state index contributed by atoms with van der Waals surface area (Å²) in [4.78, 5) is 16.6. The summed E-state index contributed by atoms with van der Waals surface area (Å²) in [6.07, 6.45) is 0. The van der Waals surface area contributed by atoms with Crippen molar-refractivity contribution in [1.29, 1.82) is 0 Å². The van der Waals surface area contributed by atoms with Crippen LogP contribution in [-0.2, 0) is 6.54 Å². The number of benzene rings is 2. The number of nitrogens with one attached hydrogen (secondary N) is 2. The second-order valence-electron chi connectivity index (χ2n) is 5.54. The fraction of sp³-hybridized carbons (Fsp3) is 0.158. The predicted octanol–water partition coefficient (Wildman–Crippen LogP) is 4.63. The van der Waals surface area contributed by atoms with Crippen LogP contribution in [-0.4, -0.2) is 18.1 Å². The van der Waals surface area contributed by atoms with Crippen LogP contribution in [0.5, 0.6) is 5.75 Å². The van der Waals surface area contributed by atoms with E-state index in [-0.39, 0.29) is 12.6 Å². The molecule has 7 heteroatoms. The molecule has 1 heterocycles. The summed E-state index contributed by atoms with van der Waals surface area (Å²) < 4.78 is 10.9. The zero-order valence-corrected chi connectivity index (χ0v) is 15.1. The van der Waals surface area contributed by atoms with Crippen molar-refractivity contribution >= 4 is 23.3 Å². The van der Waals surface area contributed by atoms with Gasteiger partial charge in [0.05, 0.1) is 19.3 Å². The van der Waals surface area contributed by atoms with Crippen LogP contribution in [0.1, 0.15) is 11.5 Å². The molecule has 0 radical (unpaired) electrons. The summed E-state index contributed by atoms with van der Waals surface area (Å²) in [5.41, 5.74) is 2.02. The third-order valence-corrected chi connectivity index (χ3v) is 3.97. The van der Waals surface area contributed by atoms with Gasteiger partial charge in [-0.3, -0.25) is 0 Å². The van der Waals surface area contributed by atoms with Crippen molar-refractivity contribution in [2.45, 2.75) is 13.5 Å². The first-order valence-electron chi connectivity index (χ1n) is 7.97. The molecule has 26 heavy (non-hydrogen) atoms. The molecule has 134 valence electrons. The van der Waals surface area contributed by atoms with Gasteiger partial charge in [0, 0.05) is 10.6 Å². The van der Waals surface area contributed by atoms with Crippen molar-refractivity contribution < 1.29 is 13.9 Å². The molecule has 1 aromatic heterocycles. The van der Waals surface area contributed by atoms with Gasteiger partial charge >= 0.3 is 6.03 Å².